The smallest absolute Gasteiger partial charge is 0.237 e. The highest BCUT2D eigenvalue weighted by Gasteiger charge is 2.61. The van der Waals surface area contributed by atoms with Gasteiger partial charge in [0.1, 0.15) is 11.5 Å². The maximum absolute atomic E-state index is 12.9. The number of aryl methyl sites for hydroxylation is 1. The fraction of sp³-hybridized carbons (Fsp3) is 0.364. The van der Waals surface area contributed by atoms with Crippen molar-refractivity contribution in [1.82, 2.24) is 0 Å². The zero-order valence-corrected chi connectivity index (χ0v) is 14.7. The van der Waals surface area contributed by atoms with Crippen molar-refractivity contribution in [3.8, 4) is 11.5 Å². The van der Waals surface area contributed by atoms with Crippen LogP contribution in [0.5, 0.6) is 11.5 Å². The van der Waals surface area contributed by atoms with Crippen molar-refractivity contribution in [2.45, 2.75) is 26.2 Å². The SMILES string of the molecule is Cc1ccccc1Oc1ccc(N2C(=O)[C@H]3[C@@H]4CC[C@@H](C4)[C@@H]3C2=O)cc1. The Hall–Kier alpha value is -2.62. The van der Waals surface area contributed by atoms with Crippen LogP contribution in [0.15, 0.2) is 48.5 Å². The van der Waals surface area contributed by atoms with E-state index in [2.05, 4.69) is 0 Å². The zero-order chi connectivity index (χ0) is 17.8. The standard InChI is InChI=1S/C22H21NO3/c1-13-4-2-3-5-18(13)26-17-10-8-16(9-11-17)23-21(24)19-14-6-7-15(12-14)20(19)22(23)25/h2-5,8-11,14-15,19-20H,6-7,12H2,1H3/t14-,15+,19-,20-/m0/s1. The Kier molecular flexibility index (Phi) is 3.42. The molecule has 1 saturated heterocycles. The van der Waals surface area contributed by atoms with Crippen LogP contribution in [0, 0.1) is 30.6 Å². The summed E-state index contributed by atoms with van der Waals surface area (Å²) in [7, 11) is 0. The summed E-state index contributed by atoms with van der Waals surface area (Å²) < 4.78 is 5.91. The van der Waals surface area contributed by atoms with Crippen molar-refractivity contribution in [2.24, 2.45) is 23.7 Å². The molecule has 0 spiro atoms. The molecular weight excluding hydrogens is 326 g/mol. The van der Waals surface area contributed by atoms with Crippen molar-refractivity contribution in [2.75, 3.05) is 4.90 Å². The topological polar surface area (TPSA) is 46.6 Å². The molecule has 2 aromatic carbocycles. The molecule has 2 bridgehead atoms. The van der Waals surface area contributed by atoms with Crippen molar-refractivity contribution >= 4 is 17.5 Å². The molecule has 2 amide bonds. The van der Waals surface area contributed by atoms with Gasteiger partial charge in [0.15, 0.2) is 0 Å². The molecule has 4 atom stereocenters. The molecule has 0 aromatic heterocycles. The summed E-state index contributed by atoms with van der Waals surface area (Å²) in [6.45, 7) is 2.00. The Morgan fingerprint density at radius 1 is 0.885 bits per heavy atom. The van der Waals surface area contributed by atoms with E-state index in [1.54, 1.807) is 0 Å². The quantitative estimate of drug-likeness (QED) is 0.777. The second-order valence-corrected chi connectivity index (χ2v) is 7.76. The van der Waals surface area contributed by atoms with E-state index in [0.29, 0.717) is 23.3 Å². The highest BCUT2D eigenvalue weighted by atomic mass is 16.5. The number of rotatable bonds is 3. The van der Waals surface area contributed by atoms with Gasteiger partial charge < -0.3 is 4.74 Å². The Morgan fingerprint density at radius 2 is 1.50 bits per heavy atom. The lowest BCUT2D eigenvalue weighted by atomic mass is 9.81. The molecule has 4 heteroatoms. The number of anilines is 1. The van der Waals surface area contributed by atoms with Crippen molar-refractivity contribution in [3.05, 3.63) is 54.1 Å². The van der Waals surface area contributed by atoms with E-state index in [1.165, 1.54) is 4.90 Å². The van der Waals surface area contributed by atoms with Gasteiger partial charge in [0.2, 0.25) is 11.8 Å². The van der Waals surface area contributed by atoms with Crippen molar-refractivity contribution in [1.29, 1.82) is 0 Å². The monoisotopic (exact) mass is 347 g/mol. The molecule has 1 heterocycles. The van der Waals surface area contributed by atoms with Crippen LogP contribution >= 0.6 is 0 Å². The maximum atomic E-state index is 12.9. The van der Waals surface area contributed by atoms with Gasteiger partial charge in [0.05, 0.1) is 17.5 Å². The lowest BCUT2D eigenvalue weighted by Crippen LogP contribution is -2.32. The van der Waals surface area contributed by atoms with Crippen LogP contribution in [-0.2, 0) is 9.59 Å². The molecule has 2 aliphatic carbocycles. The van der Waals surface area contributed by atoms with E-state index in [9.17, 15) is 9.59 Å². The molecule has 2 saturated carbocycles. The lowest BCUT2D eigenvalue weighted by molar-refractivity contribution is -0.123. The molecule has 0 N–H and O–H groups in total. The molecule has 5 rings (SSSR count). The maximum Gasteiger partial charge on any atom is 0.237 e. The van der Waals surface area contributed by atoms with Crippen LogP contribution in [0.25, 0.3) is 0 Å². The Morgan fingerprint density at radius 3 is 2.12 bits per heavy atom. The number of amides is 2. The number of ether oxygens (including phenoxy) is 1. The summed E-state index contributed by atoms with van der Waals surface area (Å²) in [6, 6.07) is 15.1. The number of para-hydroxylation sites is 1. The number of hydrogen-bond donors (Lipinski definition) is 0. The van der Waals surface area contributed by atoms with Crippen LogP contribution in [0.3, 0.4) is 0 Å². The van der Waals surface area contributed by atoms with Crippen LogP contribution in [-0.4, -0.2) is 11.8 Å². The molecule has 3 fully saturated rings. The van der Waals surface area contributed by atoms with Crippen LogP contribution in [0.2, 0.25) is 0 Å². The summed E-state index contributed by atoms with van der Waals surface area (Å²) in [4.78, 5) is 27.2. The summed E-state index contributed by atoms with van der Waals surface area (Å²) in [6.07, 6.45) is 3.26. The number of nitrogens with zero attached hydrogens (tertiary/aromatic N) is 1. The third-order valence-electron chi connectivity index (χ3n) is 6.34. The minimum absolute atomic E-state index is 0.000211. The predicted molar refractivity (Wildman–Crippen MR) is 98.0 cm³/mol. The first-order valence-electron chi connectivity index (χ1n) is 9.35. The third-order valence-corrected chi connectivity index (χ3v) is 6.34. The molecule has 132 valence electrons. The lowest BCUT2D eigenvalue weighted by Gasteiger charge is -2.19. The molecule has 4 nitrogen and oxygen atoms in total. The fourth-order valence-corrected chi connectivity index (χ4v) is 5.12. The molecule has 3 aliphatic rings. The second kappa shape index (κ2) is 5.70. The number of imide groups is 1. The Bertz CT molecular complexity index is 861. The average molecular weight is 347 g/mol. The summed E-state index contributed by atoms with van der Waals surface area (Å²) >= 11 is 0. The average Bonchev–Trinajstić information content (AvgIpc) is 3.32. The highest BCUT2D eigenvalue weighted by Crippen LogP contribution is 2.56. The Labute approximate surface area is 152 Å². The first-order chi connectivity index (χ1) is 12.6. The summed E-state index contributed by atoms with van der Waals surface area (Å²) in [5.41, 5.74) is 1.72. The first kappa shape index (κ1) is 15.6. The van der Waals surface area contributed by atoms with Gasteiger partial charge in [-0.25, -0.2) is 0 Å². The van der Waals surface area contributed by atoms with Crippen molar-refractivity contribution < 1.29 is 14.3 Å². The number of carbonyl (C=O) groups is 2. The number of benzene rings is 2. The molecule has 0 radical (unpaired) electrons. The third kappa shape index (κ3) is 2.21. The van der Waals surface area contributed by atoms with Gasteiger partial charge in [0.25, 0.3) is 0 Å². The van der Waals surface area contributed by atoms with Gasteiger partial charge in [-0.15, -0.1) is 0 Å². The zero-order valence-electron chi connectivity index (χ0n) is 14.7. The number of hydrogen-bond acceptors (Lipinski definition) is 3. The van der Waals surface area contributed by atoms with Crippen molar-refractivity contribution in [3.63, 3.8) is 0 Å². The van der Waals surface area contributed by atoms with E-state index in [1.807, 2.05) is 55.5 Å². The van der Waals surface area contributed by atoms with Gasteiger partial charge >= 0.3 is 0 Å². The van der Waals surface area contributed by atoms with Gasteiger partial charge in [-0.1, -0.05) is 18.2 Å². The number of fused-ring (bicyclic) bond motifs is 5. The second-order valence-electron chi connectivity index (χ2n) is 7.76. The largest absolute Gasteiger partial charge is 0.457 e. The Balaban J connectivity index is 1.39. The van der Waals surface area contributed by atoms with Gasteiger partial charge in [0, 0.05) is 0 Å². The van der Waals surface area contributed by atoms with E-state index < -0.39 is 0 Å². The minimum Gasteiger partial charge on any atom is -0.457 e. The molecule has 2 aromatic rings. The molecule has 1 aliphatic heterocycles. The fourth-order valence-electron chi connectivity index (χ4n) is 5.12. The van der Waals surface area contributed by atoms with Gasteiger partial charge in [-0.3, -0.25) is 14.5 Å². The normalized spacial score (nSPS) is 29.3. The summed E-state index contributed by atoms with van der Waals surface area (Å²) in [5.74, 6) is 2.17. The first-order valence-corrected chi connectivity index (χ1v) is 9.35. The van der Waals surface area contributed by atoms with Gasteiger partial charge in [-0.2, -0.15) is 0 Å². The van der Waals surface area contributed by atoms with Gasteiger partial charge in [-0.05, 0) is 73.9 Å². The van der Waals surface area contributed by atoms with Crippen LogP contribution < -0.4 is 9.64 Å². The van der Waals surface area contributed by atoms with E-state index >= 15 is 0 Å². The highest BCUT2D eigenvalue weighted by molar-refractivity contribution is 6.22. The van der Waals surface area contributed by atoms with E-state index in [4.69, 9.17) is 4.74 Å². The molecular formula is C22H21NO3. The predicted octanol–water partition coefficient (Wildman–Crippen LogP) is 4.32. The molecule has 26 heavy (non-hydrogen) atoms. The van der Waals surface area contributed by atoms with E-state index in [0.717, 1.165) is 30.6 Å². The minimum atomic E-state index is -0.0795. The van der Waals surface area contributed by atoms with Crippen LogP contribution in [0.1, 0.15) is 24.8 Å². The number of carbonyl (C=O) groups excluding carboxylic acids is 2. The van der Waals surface area contributed by atoms with Crippen LogP contribution in [0.4, 0.5) is 5.69 Å². The summed E-state index contributed by atoms with van der Waals surface area (Å²) in [5, 5.41) is 0. The molecule has 0 unspecified atom stereocenters. The van der Waals surface area contributed by atoms with E-state index in [-0.39, 0.29) is 23.7 Å².